The molecule has 2 aromatic rings. The summed E-state index contributed by atoms with van der Waals surface area (Å²) < 4.78 is 26.1. The van der Waals surface area contributed by atoms with Gasteiger partial charge in [0.05, 0.1) is 5.52 Å². The smallest absolute Gasteiger partial charge is 0.267 e. The van der Waals surface area contributed by atoms with E-state index in [9.17, 15) is 13.6 Å². The third-order valence-corrected chi connectivity index (χ3v) is 2.12. The van der Waals surface area contributed by atoms with Crippen molar-refractivity contribution in [3.05, 3.63) is 35.5 Å². The summed E-state index contributed by atoms with van der Waals surface area (Å²) in [5.41, 5.74) is 0.340. The van der Waals surface area contributed by atoms with Crippen LogP contribution in [0, 0.1) is 11.6 Å². The maximum absolute atomic E-state index is 13.2. The maximum Gasteiger partial charge on any atom is 0.267 e. The molecule has 0 radical (unpaired) electrons. The number of hydrogen-bond donors (Lipinski definition) is 2. The number of amides is 1. The highest BCUT2D eigenvalue weighted by Gasteiger charge is 2.11. The maximum atomic E-state index is 13.2. The molecule has 0 saturated heterocycles. The SMILES string of the molecule is CNC(=O)c1cc2cc(F)cc(F)c2[nH]1. The summed E-state index contributed by atoms with van der Waals surface area (Å²) in [4.78, 5) is 13.8. The van der Waals surface area contributed by atoms with Crippen molar-refractivity contribution in [1.82, 2.24) is 10.3 Å². The molecule has 15 heavy (non-hydrogen) atoms. The highest BCUT2D eigenvalue weighted by Crippen LogP contribution is 2.20. The predicted molar refractivity (Wildman–Crippen MR) is 51.6 cm³/mol. The zero-order chi connectivity index (χ0) is 11.0. The van der Waals surface area contributed by atoms with Gasteiger partial charge in [0.25, 0.3) is 5.91 Å². The quantitative estimate of drug-likeness (QED) is 0.740. The van der Waals surface area contributed by atoms with Gasteiger partial charge in [0.1, 0.15) is 17.3 Å². The predicted octanol–water partition coefficient (Wildman–Crippen LogP) is 1.81. The summed E-state index contributed by atoms with van der Waals surface area (Å²) in [5.74, 6) is -1.74. The highest BCUT2D eigenvalue weighted by molar-refractivity contribution is 5.97. The number of H-pyrrole nitrogens is 1. The summed E-state index contributed by atoms with van der Waals surface area (Å²) in [7, 11) is 1.46. The zero-order valence-corrected chi connectivity index (χ0v) is 7.90. The number of hydrogen-bond acceptors (Lipinski definition) is 1. The Kier molecular flexibility index (Phi) is 2.15. The molecule has 1 amide bonds. The van der Waals surface area contributed by atoms with Crippen LogP contribution in [0.5, 0.6) is 0 Å². The molecule has 0 aliphatic rings. The molecule has 0 fully saturated rings. The van der Waals surface area contributed by atoms with E-state index in [-0.39, 0.29) is 17.1 Å². The monoisotopic (exact) mass is 210 g/mol. The lowest BCUT2D eigenvalue weighted by Gasteiger charge is -1.93. The summed E-state index contributed by atoms with van der Waals surface area (Å²) in [6.07, 6.45) is 0. The fourth-order valence-corrected chi connectivity index (χ4v) is 1.42. The number of rotatable bonds is 1. The lowest BCUT2D eigenvalue weighted by Crippen LogP contribution is -2.17. The number of fused-ring (bicyclic) bond motifs is 1. The number of aromatic nitrogens is 1. The van der Waals surface area contributed by atoms with Crippen LogP contribution in [-0.2, 0) is 0 Å². The molecule has 2 rings (SSSR count). The van der Waals surface area contributed by atoms with E-state index in [1.54, 1.807) is 0 Å². The molecule has 0 spiro atoms. The third kappa shape index (κ3) is 1.56. The van der Waals surface area contributed by atoms with Gasteiger partial charge in [-0.2, -0.15) is 0 Å². The van der Waals surface area contributed by atoms with E-state index in [0.29, 0.717) is 5.39 Å². The van der Waals surface area contributed by atoms with Gasteiger partial charge in [0.15, 0.2) is 0 Å². The molecule has 78 valence electrons. The van der Waals surface area contributed by atoms with Crippen molar-refractivity contribution in [3.63, 3.8) is 0 Å². The zero-order valence-electron chi connectivity index (χ0n) is 7.90. The standard InChI is InChI=1S/C10H8F2N2O/c1-13-10(15)8-3-5-2-6(11)4-7(12)9(5)14-8/h2-4,14H,1H3,(H,13,15). The minimum Gasteiger partial charge on any atom is -0.354 e. The van der Waals surface area contributed by atoms with Gasteiger partial charge in [-0.25, -0.2) is 8.78 Å². The molecular formula is C10H8F2N2O. The largest absolute Gasteiger partial charge is 0.354 e. The van der Waals surface area contributed by atoms with Gasteiger partial charge in [-0.3, -0.25) is 4.79 Å². The van der Waals surface area contributed by atoms with Crippen LogP contribution in [0.15, 0.2) is 18.2 Å². The molecule has 0 aliphatic heterocycles. The Morgan fingerprint density at radius 1 is 1.33 bits per heavy atom. The molecule has 2 N–H and O–H groups in total. The van der Waals surface area contributed by atoms with Gasteiger partial charge in [-0.15, -0.1) is 0 Å². The van der Waals surface area contributed by atoms with E-state index in [4.69, 9.17) is 0 Å². The molecule has 0 aliphatic carbocycles. The first-order valence-electron chi connectivity index (χ1n) is 4.31. The number of halogens is 2. The second kappa shape index (κ2) is 3.34. The molecule has 0 saturated carbocycles. The van der Waals surface area contributed by atoms with Crippen molar-refractivity contribution in [2.75, 3.05) is 7.05 Å². The van der Waals surface area contributed by atoms with E-state index in [1.165, 1.54) is 19.2 Å². The van der Waals surface area contributed by atoms with E-state index >= 15 is 0 Å². The minimum atomic E-state index is -0.708. The van der Waals surface area contributed by atoms with Gasteiger partial charge >= 0.3 is 0 Å². The molecule has 3 nitrogen and oxygen atoms in total. The van der Waals surface area contributed by atoms with Crippen molar-refractivity contribution < 1.29 is 13.6 Å². The van der Waals surface area contributed by atoms with Crippen LogP contribution < -0.4 is 5.32 Å². The summed E-state index contributed by atoms with van der Waals surface area (Å²) >= 11 is 0. The fraction of sp³-hybridized carbons (Fsp3) is 0.100. The highest BCUT2D eigenvalue weighted by atomic mass is 19.1. The molecule has 5 heteroatoms. The van der Waals surface area contributed by atoms with Crippen LogP contribution in [0.1, 0.15) is 10.5 Å². The van der Waals surface area contributed by atoms with Crippen molar-refractivity contribution in [2.45, 2.75) is 0 Å². The normalized spacial score (nSPS) is 10.6. The first-order valence-corrected chi connectivity index (χ1v) is 4.31. The van der Waals surface area contributed by atoms with Crippen LogP contribution in [-0.4, -0.2) is 17.9 Å². The number of aromatic amines is 1. The van der Waals surface area contributed by atoms with Crippen LogP contribution in [0.4, 0.5) is 8.78 Å². The molecule has 1 heterocycles. The second-order valence-electron chi connectivity index (χ2n) is 3.11. The average Bonchev–Trinajstić information content (AvgIpc) is 2.60. The van der Waals surface area contributed by atoms with Crippen LogP contribution in [0.3, 0.4) is 0 Å². The minimum absolute atomic E-state index is 0.134. The van der Waals surface area contributed by atoms with Crippen LogP contribution in [0.25, 0.3) is 10.9 Å². The Bertz CT molecular complexity index is 533. The molecule has 0 unspecified atom stereocenters. The number of carbonyl (C=O) groups is 1. The number of nitrogens with one attached hydrogen (secondary N) is 2. The van der Waals surface area contributed by atoms with Gasteiger partial charge < -0.3 is 10.3 Å². The summed E-state index contributed by atoms with van der Waals surface area (Å²) in [5, 5.41) is 2.73. The summed E-state index contributed by atoms with van der Waals surface area (Å²) in [6, 6.07) is 3.34. The number of carbonyl (C=O) groups excluding carboxylic acids is 1. The van der Waals surface area contributed by atoms with Crippen molar-refractivity contribution in [2.24, 2.45) is 0 Å². The Hall–Kier alpha value is -1.91. The molecule has 1 aromatic carbocycles. The Balaban J connectivity index is 2.65. The van der Waals surface area contributed by atoms with Gasteiger partial charge in [-0.1, -0.05) is 0 Å². The Labute approximate surface area is 84.1 Å². The van der Waals surface area contributed by atoms with Crippen molar-refractivity contribution >= 4 is 16.8 Å². The lowest BCUT2D eigenvalue weighted by molar-refractivity contribution is 0.0959. The molecule has 1 aromatic heterocycles. The Morgan fingerprint density at radius 2 is 2.07 bits per heavy atom. The van der Waals surface area contributed by atoms with Crippen LogP contribution in [0.2, 0.25) is 0 Å². The van der Waals surface area contributed by atoms with E-state index < -0.39 is 11.6 Å². The second-order valence-corrected chi connectivity index (χ2v) is 3.11. The topological polar surface area (TPSA) is 44.9 Å². The number of benzene rings is 1. The van der Waals surface area contributed by atoms with Gasteiger partial charge in [-0.05, 0) is 12.1 Å². The van der Waals surface area contributed by atoms with Crippen molar-refractivity contribution in [3.8, 4) is 0 Å². The van der Waals surface area contributed by atoms with Gasteiger partial charge in [0.2, 0.25) is 0 Å². The molecule has 0 atom stereocenters. The average molecular weight is 210 g/mol. The first kappa shape index (κ1) is 9.64. The van der Waals surface area contributed by atoms with E-state index in [0.717, 1.165) is 6.07 Å². The first-order chi connectivity index (χ1) is 7.11. The van der Waals surface area contributed by atoms with Crippen molar-refractivity contribution in [1.29, 1.82) is 0 Å². The fourth-order valence-electron chi connectivity index (χ4n) is 1.42. The van der Waals surface area contributed by atoms with Gasteiger partial charge in [0, 0.05) is 18.5 Å². The van der Waals surface area contributed by atoms with Crippen LogP contribution >= 0.6 is 0 Å². The van der Waals surface area contributed by atoms with E-state index in [1.807, 2.05) is 0 Å². The van der Waals surface area contributed by atoms with E-state index in [2.05, 4.69) is 10.3 Å². The molecular weight excluding hydrogens is 202 g/mol. The lowest BCUT2D eigenvalue weighted by atomic mass is 10.2. The summed E-state index contributed by atoms with van der Waals surface area (Å²) in [6.45, 7) is 0. The molecule has 0 bridgehead atoms. The Morgan fingerprint density at radius 3 is 2.73 bits per heavy atom. The third-order valence-electron chi connectivity index (χ3n) is 2.12.